The lowest BCUT2D eigenvalue weighted by Gasteiger charge is -2.19. The zero-order chi connectivity index (χ0) is 19.1. The van der Waals surface area contributed by atoms with E-state index >= 15 is 0 Å². The predicted octanol–water partition coefficient (Wildman–Crippen LogP) is 4.23. The van der Waals surface area contributed by atoms with Crippen molar-refractivity contribution >= 4 is 39.0 Å². The van der Waals surface area contributed by atoms with Gasteiger partial charge in [-0.25, -0.2) is 15.0 Å². The molecule has 8 heteroatoms. The second kappa shape index (κ2) is 6.79. The second-order valence-corrected chi connectivity index (χ2v) is 7.45. The van der Waals surface area contributed by atoms with Crippen molar-refractivity contribution in [3.05, 3.63) is 64.4 Å². The van der Waals surface area contributed by atoms with Crippen molar-refractivity contribution < 1.29 is 9.47 Å². The number of benzene rings is 2. The van der Waals surface area contributed by atoms with Crippen LogP contribution in [0.4, 0.5) is 17.3 Å². The fourth-order valence-corrected chi connectivity index (χ4v) is 3.62. The van der Waals surface area contributed by atoms with Crippen molar-refractivity contribution in [3.8, 4) is 11.5 Å². The van der Waals surface area contributed by atoms with Crippen molar-refractivity contribution in [1.29, 1.82) is 0 Å². The predicted molar refractivity (Wildman–Crippen MR) is 110 cm³/mol. The maximum Gasteiger partial charge on any atom is 0.231 e. The minimum absolute atomic E-state index is 0.0205. The Morgan fingerprint density at radius 2 is 1.86 bits per heavy atom. The molecule has 2 aliphatic rings. The molecule has 3 N–H and O–H groups in total. The normalized spacial score (nSPS) is 17.3. The summed E-state index contributed by atoms with van der Waals surface area (Å²) in [5.74, 6) is 2.42. The van der Waals surface area contributed by atoms with Crippen LogP contribution in [0.25, 0.3) is 0 Å². The molecule has 2 aliphatic heterocycles. The smallest absolute Gasteiger partial charge is 0.231 e. The average Bonchev–Trinajstić information content (AvgIpc) is 3.08. The van der Waals surface area contributed by atoms with Gasteiger partial charge in [0.05, 0.1) is 11.8 Å². The lowest BCUT2D eigenvalue weighted by Crippen LogP contribution is -2.15. The summed E-state index contributed by atoms with van der Waals surface area (Å²) >= 11 is 3.49. The highest BCUT2D eigenvalue weighted by Gasteiger charge is 2.25. The van der Waals surface area contributed by atoms with Gasteiger partial charge in [0.25, 0.3) is 0 Å². The number of hydrogen-bond donors (Lipinski definition) is 2. The third-order valence-corrected chi connectivity index (χ3v) is 5.31. The molecule has 140 valence electrons. The zero-order valence-corrected chi connectivity index (χ0v) is 16.3. The van der Waals surface area contributed by atoms with E-state index in [9.17, 15) is 0 Å². The summed E-state index contributed by atoms with van der Waals surface area (Å²) in [7, 11) is 0. The average molecular weight is 438 g/mol. The Balaban J connectivity index is 1.61. The maximum atomic E-state index is 6.10. The van der Waals surface area contributed by atoms with Crippen molar-refractivity contribution in [1.82, 2.24) is 9.97 Å². The number of anilines is 2. The summed E-state index contributed by atoms with van der Waals surface area (Å²) in [4.78, 5) is 13.3. The van der Waals surface area contributed by atoms with E-state index < -0.39 is 0 Å². The third-order valence-electron chi connectivity index (χ3n) is 4.78. The lowest BCUT2D eigenvalue weighted by molar-refractivity contribution is 0.174. The van der Waals surface area contributed by atoms with Crippen LogP contribution in [0.3, 0.4) is 0 Å². The first-order chi connectivity index (χ1) is 13.7. The lowest BCUT2D eigenvalue weighted by atomic mass is 9.97. The van der Waals surface area contributed by atoms with Gasteiger partial charge in [0.1, 0.15) is 12.0 Å². The summed E-state index contributed by atoms with van der Waals surface area (Å²) in [5.41, 5.74) is 9.60. The molecule has 0 amide bonds. The molecule has 0 saturated heterocycles. The van der Waals surface area contributed by atoms with Crippen LogP contribution in [0.15, 0.2) is 58.3 Å². The Labute approximate surface area is 169 Å². The number of rotatable bonds is 2. The Bertz CT molecular complexity index is 1080. The van der Waals surface area contributed by atoms with Crippen molar-refractivity contribution in [2.75, 3.05) is 17.8 Å². The summed E-state index contributed by atoms with van der Waals surface area (Å²) < 4.78 is 12.0. The highest BCUT2D eigenvalue weighted by atomic mass is 79.9. The molecule has 0 spiro atoms. The molecule has 1 atom stereocenters. The van der Waals surface area contributed by atoms with E-state index in [0.29, 0.717) is 23.7 Å². The van der Waals surface area contributed by atoms with Gasteiger partial charge in [0, 0.05) is 10.9 Å². The highest BCUT2D eigenvalue weighted by Crippen LogP contribution is 2.39. The van der Waals surface area contributed by atoms with Gasteiger partial charge in [-0.1, -0.05) is 28.1 Å². The Morgan fingerprint density at radius 1 is 1.04 bits per heavy atom. The Morgan fingerprint density at radius 3 is 2.71 bits per heavy atom. The van der Waals surface area contributed by atoms with Gasteiger partial charge in [-0.15, -0.1) is 0 Å². The van der Waals surface area contributed by atoms with Crippen LogP contribution < -0.4 is 20.5 Å². The van der Waals surface area contributed by atoms with Crippen LogP contribution in [-0.4, -0.2) is 22.5 Å². The molecule has 7 nitrogen and oxygen atoms in total. The molecule has 1 unspecified atom stereocenters. The van der Waals surface area contributed by atoms with E-state index in [-0.39, 0.29) is 12.8 Å². The fraction of sp³-hybridized carbons (Fsp3) is 0.150. The quantitative estimate of drug-likeness (QED) is 0.622. The van der Waals surface area contributed by atoms with Crippen LogP contribution >= 0.6 is 15.9 Å². The molecule has 1 aromatic heterocycles. The first kappa shape index (κ1) is 17.0. The maximum absolute atomic E-state index is 6.10. The monoisotopic (exact) mass is 437 g/mol. The minimum atomic E-state index is -0.0205. The van der Waals surface area contributed by atoms with Gasteiger partial charge in [-0.3, -0.25) is 0 Å². The number of ether oxygens (including phenoxy) is 2. The standard InChI is InChI=1S/C20H16BrN5O2/c21-13-4-1-11(2-5-13)14-8-15(12-3-6-16-17(7-12)28-10-27-16)25-18-19(22)23-9-24-20(18)26-14/h1-7,9,14H,8,10H2,(H3,22,23,24,26). The largest absolute Gasteiger partial charge is 0.454 e. The van der Waals surface area contributed by atoms with Crippen molar-refractivity contribution in [2.24, 2.45) is 4.99 Å². The molecule has 0 saturated carbocycles. The molecule has 3 heterocycles. The first-order valence-electron chi connectivity index (χ1n) is 8.77. The minimum Gasteiger partial charge on any atom is -0.454 e. The second-order valence-electron chi connectivity index (χ2n) is 6.54. The highest BCUT2D eigenvalue weighted by molar-refractivity contribution is 9.10. The number of nitrogens with one attached hydrogen (secondary N) is 1. The molecule has 0 radical (unpaired) electrons. The van der Waals surface area contributed by atoms with Gasteiger partial charge in [-0.05, 0) is 41.5 Å². The molecule has 0 fully saturated rings. The number of nitrogens with zero attached hydrogens (tertiary/aromatic N) is 3. The summed E-state index contributed by atoms with van der Waals surface area (Å²) in [6, 6.07) is 14.0. The molecular formula is C20H16BrN5O2. The molecule has 3 aromatic rings. The molecule has 2 aromatic carbocycles. The summed E-state index contributed by atoms with van der Waals surface area (Å²) in [5, 5.41) is 3.47. The van der Waals surface area contributed by atoms with Crippen LogP contribution in [0.5, 0.6) is 11.5 Å². The van der Waals surface area contributed by atoms with E-state index in [2.05, 4.69) is 43.3 Å². The fourth-order valence-electron chi connectivity index (χ4n) is 3.35. The Kier molecular flexibility index (Phi) is 4.12. The van der Waals surface area contributed by atoms with E-state index in [1.807, 2.05) is 30.3 Å². The summed E-state index contributed by atoms with van der Waals surface area (Å²) in [6.45, 7) is 0.234. The number of nitrogen functional groups attached to an aromatic ring is 1. The van der Waals surface area contributed by atoms with Crippen LogP contribution in [0.2, 0.25) is 0 Å². The van der Waals surface area contributed by atoms with Crippen LogP contribution in [0.1, 0.15) is 23.6 Å². The first-order valence-corrected chi connectivity index (χ1v) is 9.57. The zero-order valence-electron chi connectivity index (χ0n) is 14.7. The van der Waals surface area contributed by atoms with Gasteiger partial charge in [0.15, 0.2) is 23.1 Å². The van der Waals surface area contributed by atoms with Crippen molar-refractivity contribution in [2.45, 2.75) is 12.5 Å². The van der Waals surface area contributed by atoms with E-state index in [4.69, 9.17) is 20.2 Å². The number of aromatic nitrogens is 2. The van der Waals surface area contributed by atoms with Crippen LogP contribution in [-0.2, 0) is 0 Å². The van der Waals surface area contributed by atoms with Gasteiger partial charge >= 0.3 is 0 Å². The van der Waals surface area contributed by atoms with E-state index in [0.717, 1.165) is 32.8 Å². The SMILES string of the molecule is Nc1ncnc2c1N=C(c1ccc3c(c1)OCO3)CC(c1ccc(Br)cc1)N2. The third kappa shape index (κ3) is 3.05. The number of fused-ring (bicyclic) bond motifs is 2. The van der Waals surface area contributed by atoms with E-state index in [1.54, 1.807) is 0 Å². The number of aliphatic imine (C=N–C) groups is 1. The van der Waals surface area contributed by atoms with Gasteiger partial charge in [0.2, 0.25) is 6.79 Å². The summed E-state index contributed by atoms with van der Waals surface area (Å²) in [6.07, 6.45) is 2.10. The van der Waals surface area contributed by atoms with Crippen molar-refractivity contribution in [3.63, 3.8) is 0 Å². The molecule has 5 rings (SSSR count). The van der Waals surface area contributed by atoms with Gasteiger partial charge < -0.3 is 20.5 Å². The number of nitrogens with two attached hydrogens (primary N) is 1. The molecule has 0 aliphatic carbocycles. The molecule has 28 heavy (non-hydrogen) atoms. The number of hydrogen-bond acceptors (Lipinski definition) is 7. The topological polar surface area (TPSA) is 94.7 Å². The number of halogens is 1. The molecule has 0 bridgehead atoms. The molecular weight excluding hydrogens is 422 g/mol. The van der Waals surface area contributed by atoms with E-state index in [1.165, 1.54) is 6.33 Å². The van der Waals surface area contributed by atoms with Gasteiger partial charge in [-0.2, -0.15) is 0 Å². The van der Waals surface area contributed by atoms with Crippen LogP contribution in [0, 0.1) is 0 Å². The Hall–Kier alpha value is -3.13.